The lowest BCUT2D eigenvalue weighted by Crippen LogP contribution is -2.49. The third-order valence-corrected chi connectivity index (χ3v) is 2.91. The second kappa shape index (κ2) is 10.00. The molecule has 0 aliphatic rings. The van der Waals surface area contributed by atoms with Crippen molar-refractivity contribution in [3.05, 3.63) is 35.9 Å². The highest BCUT2D eigenvalue weighted by Crippen LogP contribution is 2.17. The first kappa shape index (κ1) is 21.5. The summed E-state index contributed by atoms with van der Waals surface area (Å²) < 4.78 is 0. The van der Waals surface area contributed by atoms with E-state index in [0.29, 0.717) is 6.54 Å². The Labute approximate surface area is 133 Å². The van der Waals surface area contributed by atoms with E-state index in [0.717, 1.165) is 18.5 Å². The summed E-state index contributed by atoms with van der Waals surface area (Å²) >= 11 is 0. The van der Waals surface area contributed by atoms with Crippen LogP contribution >= 0.6 is 24.8 Å². The summed E-state index contributed by atoms with van der Waals surface area (Å²) in [6.07, 6.45) is 0.920. The molecule has 0 bridgehead atoms. The second-order valence-corrected chi connectivity index (χ2v) is 4.98. The number of rotatable bonds is 6. The summed E-state index contributed by atoms with van der Waals surface area (Å²) in [5.41, 5.74) is 5.96. The lowest BCUT2D eigenvalue weighted by Gasteiger charge is -2.24. The molecule has 0 saturated carbocycles. The van der Waals surface area contributed by atoms with Gasteiger partial charge >= 0.3 is 0 Å². The average Bonchev–Trinajstić information content (AvgIpc) is 2.35. The number of nitrogens with zero attached hydrogens (tertiary/aromatic N) is 1. The van der Waals surface area contributed by atoms with E-state index in [1.165, 1.54) is 0 Å². The highest BCUT2D eigenvalue weighted by Gasteiger charge is 2.29. The molecule has 0 radical (unpaired) electrons. The van der Waals surface area contributed by atoms with Crippen molar-refractivity contribution in [2.75, 3.05) is 27.2 Å². The molecular weight excluding hydrogens is 297 g/mol. The molecule has 0 aromatic heterocycles. The van der Waals surface area contributed by atoms with E-state index in [2.05, 4.69) is 10.2 Å². The van der Waals surface area contributed by atoms with E-state index in [1.807, 2.05) is 44.4 Å². The molecule has 1 unspecified atom stereocenters. The van der Waals surface area contributed by atoms with Gasteiger partial charge in [0.25, 0.3) is 0 Å². The Balaban J connectivity index is 0. The number of hydrogen-bond acceptors (Lipinski definition) is 3. The normalized spacial score (nSPS) is 12.8. The summed E-state index contributed by atoms with van der Waals surface area (Å²) in [5, 5.41) is 2.89. The van der Waals surface area contributed by atoms with Crippen molar-refractivity contribution in [2.24, 2.45) is 5.73 Å². The van der Waals surface area contributed by atoms with E-state index < -0.39 is 5.54 Å². The fourth-order valence-corrected chi connectivity index (χ4v) is 1.70. The van der Waals surface area contributed by atoms with E-state index in [9.17, 15) is 4.79 Å². The van der Waals surface area contributed by atoms with Crippen LogP contribution < -0.4 is 11.1 Å². The quantitative estimate of drug-likeness (QED) is 0.785. The van der Waals surface area contributed by atoms with Crippen molar-refractivity contribution in [1.29, 1.82) is 0 Å². The van der Waals surface area contributed by atoms with Crippen LogP contribution in [-0.4, -0.2) is 38.0 Å². The third kappa shape index (κ3) is 6.57. The van der Waals surface area contributed by atoms with Crippen molar-refractivity contribution in [2.45, 2.75) is 18.9 Å². The Morgan fingerprint density at radius 3 is 2.30 bits per heavy atom. The van der Waals surface area contributed by atoms with Gasteiger partial charge in [0.15, 0.2) is 0 Å². The molecule has 0 aliphatic carbocycles. The van der Waals surface area contributed by atoms with Crippen LogP contribution in [0.2, 0.25) is 0 Å². The van der Waals surface area contributed by atoms with Gasteiger partial charge < -0.3 is 16.0 Å². The number of nitrogens with two attached hydrogens (primary N) is 1. The molecule has 1 atom stereocenters. The molecule has 0 spiro atoms. The Hall–Kier alpha value is -0.810. The first-order valence-electron chi connectivity index (χ1n) is 6.22. The highest BCUT2D eigenvalue weighted by atomic mass is 35.5. The van der Waals surface area contributed by atoms with E-state index >= 15 is 0 Å². The van der Waals surface area contributed by atoms with Crippen molar-refractivity contribution < 1.29 is 4.79 Å². The van der Waals surface area contributed by atoms with Gasteiger partial charge in [-0.2, -0.15) is 0 Å². The molecule has 1 rings (SSSR count). The smallest absolute Gasteiger partial charge is 0.244 e. The molecule has 1 aromatic rings. The summed E-state index contributed by atoms with van der Waals surface area (Å²) in [6, 6.07) is 9.44. The van der Waals surface area contributed by atoms with Crippen LogP contribution in [0.25, 0.3) is 0 Å². The number of halogens is 2. The van der Waals surface area contributed by atoms with Crippen LogP contribution in [0.4, 0.5) is 0 Å². The number of benzene rings is 1. The van der Waals surface area contributed by atoms with Crippen LogP contribution in [-0.2, 0) is 10.3 Å². The van der Waals surface area contributed by atoms with Crippen molar-refractivity contribution in [1.82, 2.24) is 10.2 Å². The summed E-state index contributed by atoms with van der Waals surface area (Å²) in [4.78, 5) is 14.1. The van der Waals surface area contributed by atoms with Gasteiger partial charge in [-0.3, -0.25) is 4.79 Å². The molecular formula is C14H25Cl2N3O. The lowest BCUT2D eigenvalue weighted by atomic mass is 9.92. The van der Waals surface area contributed by atoms with Gasteiger partial charge in [-0.15, -0.1) is 24.8 Å². The summed E-state index contributed by atoms with van der Waals surface area (Å²) in [6.45, 7) is 3.34. The Bertz CT molecular complexity index is 383. The van der Waals surface area contributed by atoms with E-state index in [4.69, 9.17) is 5.73 Å². The van der Waals surface area contributed by atoms with E-state index in [1.54, 1.807) is 6.92 Å². The molecule has 1 amide bonds. The van der Waals surface area contributed by atoms with Gasteiger partial charge in [0.2, 0.25) is 5.91 Å². The molecule has 0 heterocycles. The van der Waals surface area contributed by atoms with Crippen LogP contribution in [0.3, 0.4) is 0 Å². The zero-order chi connectivity index (χ0) is 13.6. The van der Waals surface area contributed by atoms with Crippen LogP contribution in [0.15, 0.2) is 30.3 Å². The molecule has 116 valence electrons. The molecule has 20 heavy (non-hydrogen) atoms. The number of hydrogen-bond donors (Lipinski definition) is 2. The lowest BCUT2D eigenvalue weighted by molar-refractivity contribution is -0.126. The second-order valence-electron chi connectivity index (χ2n) is 4.98. The van der Waals surface area contributed by atoms with Gasteiger partial charge in [-0.05, 0) is 39.5 Å². The first-order chi connectivity index (χ1) is 8.44. The standard InChI is InChI=1S/C14H23N3O.2ClH/c1-14(15,12-8-5-4-6-9-12)13(18)16-10-7-11-17(2)3;;/h4-6,8-9H,7,10-11,15H2,1-3H3,(H,16,18);2*1H. The minimum Gasteiger partial charge on any atom is -0.354 e. The van der Waals surface area contributed by atoms with Gasteiger partial charge in [0.1, 0.15) is 5.54 Å². The fraction of sp³-hybridized carbons (Fsp3) is 0.500. The Kier molecular flexibility index (Phi) is 10.7. The average molecular weight is 322 g/mol. The topological polar surface area (TPSA) is 58.4 Å². The zero-order valence-corrected chi connectivity index (χ0v) is 13.9. The molecule has 0 saturated heterocycles. The maximum Gasteiger partial charge on any atom is 0.244 e. The van der Waals surface area contributed by atoms with Crippen LogP contribution in [0.5, 0.6) is 0 Å². The van der Waals surface area contributed by atoms with Gasteiger partial charge in [0.05, 0.1) is 0 Å². The van der Waals surface area contributed by atoms with E-state index in [-0.39, 0.29) is 30.7 Å². The Morgan fingerprint density at radius 2 is 1.80 bits per heavy atom. The number of nitrogens with one attached hydrogen (secondary N) is 1. The predicted molar refractivity (Wildman–Crippen MR) is 88.7 cm³/mol. The molecule has 1 aromatic carbocycles. The largest absolute Gasteiger partial charge is 0.354 e. The molecule has 6 heteroatoms. The molecule has 0 aliphatic heterocycles. The summed E-state index contributed by atoms with van der Waals surface area (Å²) in [5.74, 6) is -0.132. The van der Waals surface area contributed by atoms with Crippen molar-refractivity contribution in [3.8, 4) is 0 Å². The van der Waals surface area contributed by atoms with Gasteiger partial charge in [-0.25, -0.2) is 0 Å². The molecule has 4 nitrogen and oxygen atoms in total. The Morgan fingerprint density at radius 1 is 1.25 bits per heavy atom. The molecule has 0 fully saturated rings. The number of carbonyl (C=O) groups excluding carboxylic acids is 1. The monoisotopic (exact) mass is 321 g/mol. The predicted octanol–water partition coefficient (Wildman–Crippen LogP) is 1.77. The van der Waals surface area contributed by atoms with Crippen LogP contribution in [0, 0.1) is 0 Å². The SMILES string of the molecule is CN(C)CCCNC(=O)C(C)(N)c1ccccc1.Cl.Cl. The zero-order valence-electron chi connectivity index (χ0n) is 12.3. The number of carbonyl (C=O) groups is 1. The maximum atomic E-state index is 12.1. The van der Waals surface area contributed by atoms with Crippen molar-refractivity contribution in [3.63, 3.8) is 0 Å². The van der Waals surface area contributed by atoms with Crippen molar-refractivity contribution >= 4 is 30.7 Å². The van der Waals surface area contributed by atoms with Gasteiger partial charge in [-0.1, -0.05) is 30.3 Å². The third-order valence-electron chi connectivity index (χ3n) is 2.91. The maximum absolute atomic E-state index is 12.1. The minimum atomic E-state index is -0.973. The summed E-state index contributed by atoms with van der Waals surface area (Å²) in [7, 11) is 4.03. The first-order valence-corrected chi connectivity index (χ1v) is 6.22. The minimum absolute atomic E-state index is 0. The highest BCUT2D eigenvalue weighted by molar-refractivity contribution is 5.87. The fourth-order valence-electron chi connectivity index (χ4n) is 1.70. The van der Waals surface area contributed by atoms with Crippen LogP contribution in [0.1, 0.15) is 18.9 Å². The number of amides is 1. The molecule has 3 N–H and O–H groups in total. The van der Waals surface area contributed by atoms with Gasteiger partial charge in [0, 0.05) is 6.54 Å².